The van der Waals surface area contributed by atoms with Crippen LogP contribution in [0.15, 0.2) is 84.9 Å². The molecule has 2 saturated carbocycles. The van der Waals surface area contributed by atoms with Crippen molar-refractivity contribution in [3.8, 4) is 11.5 Å². The Morgan fingerprint density at radius 3 is 1.86 bits per heavy atom. The average molecular weight is 1140 g/mol. The zero-order chi connectivity index (χ0) is 59.9. The van der Waals surface area contributed by atoms with Crippen molar-refractivity contribution in [3.05, 3.63) is 118 Å². The maximum atomic E-state index is 15.5. The molecule has 3 atom stereocenters. The van der Waals surface area contributed by atoms with Gasteiger partial charge in [0.25, 0.3) is 0 Å². The van der Waals surface area contributed by atoms with E-state index >= 15 is 4.79 Å². The third-order valence-corrected chi connectivity index (χ3v) is 17.9. The fourth-order valence-electron chi connectivity index (χ4n) is 12.8. The molecule has 4 aromatic carbocycles. The van der Waals surface area contributed by atoms with E-state index < -0.39 is 22.9 Å². The highest BCUT2D eigenvalue weighted by Crippen LogP contribution is 2.51. The summed E-state index contributed by atoms with van der Waals surface area (Å²) in [5.74, 6) is -1.45. The van der Waals surface area contributed by atoms with E-state index in [-0.39, 0.29) is 73.3 Å². The predicted octanol–water partition coefficient (Wildman–Crippen LogP) is 10.4. The Balaban J connectivity index is 0.932. The summed E-state index contributed by atoms with van der Waals surface area (Å²) in [5, 5.41) is 14.9. The minimum Gasteiger partial charge on any atom is -0.490 e. The SMILES string of the molecule is Cc1cc(N(C)C(=O)C2(C(C(=O)O)c3cccc(OC4CCC(C(=O)N(C)c5ccc(CN6CCN(C(=O)OC(C)(C)C)[C@@H](C)C6)c(C)c5)CC4)c3)CCC(Oc3cccc(CC(=O)N(C)C(C)C)c3)CC2)ccc1CN1CCN[C@@H](C)C1. The van der Waals surface area contributed by atoms with E-state index in [1.165, 1.54) is 11.1 Å². The summed E-state index contributed by atoms with van der Waals surface area (Å²) >= 11 is 0. The number of ether oxygens (including phenoxy) is 3. The second-order valence-electron chi connectivity index (χ2n) is 25.7. The maximum absolute atomic E-state index is 15.5. The lowest BCUT2D eigenvalue weighted by molar-refractivity contribution is -0.150. The zero-order valence-corrected chi connectivity index (χ0v) is 51.5. The van der Waals surface area contributed by atoms with Crippen molar-refractivity contribution in [2.75, 3.05) is 70.2 Å². The normalized spacial score (nSPS) is 23.0. The number of aliphatic carboxylic acids is 1. The van der Waals surface area contributed by atoms with Crippen LogP contribution in [0.1, 0.15) is 139 Å². The van der Waals surface area contributed by atoms with Gasteiger partial charge in [-0.2, -0.15) is 0 Å². The molecule has 2 saturated heterocycles. The van der Waals surface area contributed by atoms with Crippen LogP contribution >= 0.6 is 0 Å². The number of hydrogen-bond acceptors (Lipinski definition) is 11. The van der Waals surface area contributed by atoms with Gasteiger partial charge in [0.2, 0.25) is 17.7 Å². The number of piperazine rings is 2. The number of amides is 4. The van der Waals surface area contributed by atoms with E-state index in [1.807, 2.05) is 101 Å². The molecule has 0 radical (unpaired) electrons. The lowest BCUT2D eigenvalue weighted by Gasteiger charge is -2.44. The van der Waals surface area contributed by atoms with Crippen molar-refractivity contribution in [3.63, 3.8) is 0 Å². The molecule has 2 N–H and O–H groups in total. The Labute approximate surface area is 493 Å². The number of likely N-dealkylation sites (N-methyl/N-ethyl adjacent to an activating group) is 1. The molecule has 4 fully saturated rings. The van der Waals surface area contributed by atoms with Crippen LogP contribution in [-0.2, 0) is 43.4 Å². The van der Waals surface area contributed by atoms with Crippen LogP contribution in [0.2, 0.25) is 0 Å². The molecule has 2 aliphatic heterocycles. The highest BCUT2D eigenvalue weighted by molar-refractivity contribution is 6.01. The van der Waals surface area contributed by atoms with Crippen molar-refractivity contribution >= 4 is 41.2 Å². The average Bonchev–Trinajstić information content (AvgIpc) is 2.14. The molecule has 2 heterocycles. The van der Waals surface area contributed by atoms with Crippen LogP contribution in [0.4, 0.5) is 16.2 Å². The molecule has 2 aliphatic carbocycles. The molecule has 450 valence electrons. The van der Waals surface area contributed by atoms with Crippen LogP contribution in [0.25, 0.3) is 0 Å². The van der Waals surface area contributed by atoms with Crippen LogP contribution in [-0.4, -0.2) is 151 Å². The lowest BCUT2D eigenvalue weighted by atomic mass is 9.62. The smallest absolute Gasteiger partial charge is 0.410 e. The molecule has 4 amide bonds. The van der Waals surface area contributed by atoms with Gasteiger partial charge in [0.15, 0.2) is 0 Å². The molecule has 4 aliphatic rings. The highest BCUT2D eigenvalue weighted by atomic mass is 16.6. The van der Waals surface area contributed by atoms with E-state index in [4.69, 9.17) is 14.2 Å². The van der Waals surface area contributed by atoms with E-state index in [9.17, 15) is 24.3 Å². The van der Waals surface area contributed by atoms with Gasteiger partial charge in [-0.3, -0.25) is 29.0 Å². The van der Waals surface area contributed by atoms with Crippen LogP contribution < -0.4 is 24.6 Å². The van der Waals surface area contributed by atoms with Gasteiger partial charge in [-0.15, -0.1) is 0 Å². The number of carboxylic acids is 1. The van der Waals surface area contributed by atoms with Crippen molar-refractivity contribution in [1.82, 2.24) is 24.9 Å². The van der Waals surface area contributed by atoms with E-state index in [0.29, 0.717) is 73.9 Å². The number of benzene rings is 4. The van der Waals surface area contributed by atoms with Crippen molar-refractivity contribution in [1.29, 1.82) is 0 Å². The van der Waals surface area contributed by atoms with Gasteiger partial charge in [0.1, 0.15) is 17.1 Å². The summed E-state index contributed by atoms with van der Waals surface area (Å²) in [4.78, 5) is 81.1. The van der Waals surface area contributed by atoms with Crippen molar-refractivity contribution in [2.24, 2.45) is 11.3 Å². The molecule has 8 rings (SSSR count). The van der Waals surface area contributed by atoms with Crippen molar-refractivity contribution in [2.45, 2.75) is 175 Å². The van der Waals surface area contributed by atoms with Gasteiger partial charge in [-0.05, 0) is 196 Å². The number of nitrogens with zero attached hydrogens (tertiary/aromatic N) is 6. The quantitative estimate of drug-likeness (QED) is 0.0970. The number of carboxylic acid groups (broad SMARTS) is 1. The minimum atomic E-state index is -1.33. The second-order valence-corrected chi connectivity index (χ2v) is 25.7. The molecule has 1 unspecified atom stereocenters. The third kappa shape index (κ3) is 15.6. The Morgan fingerprint density at radius 2 is 1.29 bits per heavy atom. The Morgan fingerprint density at radius 1 is 0.711 bits per heavy atom. The fraction of sp³-hybridized carbons (Fsp3) is 0.567. The standard InChI is InChI=1S/C67H93N7O9/c1-44(2)69(10)60(75)38-49-15-13-17-58(37-49)82-57-27-29-67(30-28-57,64(79)71(12)55-24-20-52(46(4)36-55)42-72-32-31-68-47(5)40-72)61(63(77)78)51-16-14-18-59(39-51)81-56-25-21-50(22-26-56)62(76)70(11)54-23-19-53(45(3)35-54)43-73-33-34-74(48(6)41-73)65(80)83-66(7,8)9/h13-20,23-24,35-37,39,44,47-48,50,56-57,61,68H,21-22,25-34,38,40-43H2,1-12H3,(H,77,78)/t47-,48-,50?,56?,57?,61?,67?/m0/s1. The number of nitrogens with one attached hydrogen (secondary N) is 1. The first kappa shape index (κ1) is 62.6. The van der Waals surface area contributed by atoms with E-state index in [1.54, 1.807) is 40.9 Å². The minimum absolute atomic E-state index is 0.0180. The summed E-state index contributed by atoms with van der Waals surface area (Å²) in [6.07, 6.45) is 3.55. The fourth-order valence-corrected chi connectivity index (χ4v) is 12.8. The first-order valence-corrected chi connectivity index (χ1v) is 30.3. The first-order chi connectivity index (χ1) is 39.4. The van der Waals surface area contributed by atoms with Gasteiger partial charge >= 0.3 is 12.1 Å². The molecular formula is C67H93N7O9. The predicted molar refractivity (Wildman–Crippen MR) is 326 cm³/mol. The topological polar surface area (TPSA) is 165 Å². The number of carbonyl (C=O) groups excluding carboxylic acids is 4. The summed E-state index contributed by atoms with van der Waals surface area (Å²) in [6.45, 7) is 24.5. The van der Waals surface area contributed by atoms with E-state index in [0.717, 1.165) is 68.2 Å². The molecule has 4 aromatic rings. The third-order valence-electron chi connectivity index (χ3n) is 17.9. The number of aryl methyl sites for hydroxylation is 2. The number of rotatable bonds is 18. The van der Waals surface area contributed by atoms with Gasteiger partial charge in [-0.1, -0.05) is 36.4 Å². The molecule has 16 nitrogen and oxygen atoms in total. The second kappa shape index (κ2) is 27.0. The Bertz CT molecular complexity index is 2920. The highest BCUT2D eigenvalue weighted by Gasteiger charge is 2.53. The van der Waals surface area contributed by atoms with Gasteiger partial charge in [0.05, 0.1) is 30.0 Å². The maximum Gasteiger partial charge on any atom is 0.410 e. The molecule has 0 bridgehead atoms. The van der Waals surface area contributed by atoms with E-state index in [2.05, 4.69) is 61.0 Å². The molecular weight excluding hydrogens is 1050 g/mol. The number of anilines is 2. The van der Waals surface area contributed by atoms with Gasteiger partial charge in [0, 0.05) is 109 Å². The summed E-state index contributed by atoms with van der Waals surface area (Å²) < 4.78 is 18.9. The van der Waals surface area contributed by atoms with Crippen LogP contribution in [0.3, 0.4) is 0 Å². The molecule has 83 heavy (non-hydrogen) atoms. The zero-order valence-electron chi connectivity index (χ0n) is 51.5. The molecule has 16 heteroatoms. The monoisotopic (exact) mass is 1140 g/mol. The van der Waals surface area contributed by atoms with Gasteiger partial charge in [-0.25, -0.2) is 4.79 Å². The van der Waals surface area contributed by atoms with Crippen LogP contribution in [0.5, 0.6) is 11.5 Å². The largest absolute Gasteiger partial charge is 0.490 e. The number of carbonyl (C=O) groups is 5. The molecule has 0 aromatic heterocycles. The summed E-state index contributed by atoms with van der Waals surface area (Å²) in [7, 11) is 5.42. The van der Waals surface area contributed by atoms with Crippen LogP contribution in [0, 0.1) is 25.2 Å². The number of hydrogen-bond donors (Lipinski definition) is 2. The van der Waals surface area contributed by atoms with Crippen molar-refractivity contribution < 1.29 is 43.3 Å². The Kier molecular flexibility index (Phi) is 20.4. The molecule has 0 spiro atoms. The Hall–Kier alpha value is -6.49. The first-order valence-electron chi connectivity index (χ1n) is 30.3. The lowest BCUT2D eigenvalue weighted by Crippen LogP contribution is -2.54. The van der Waals surface area contributed by atoms with Gasteiger partial charge < -0.3 is 44.2 Å². The summed E-state index contributed by atoms with van der Waals surface area (Å²) in [6, 6.07) is 27.7. The summed E-state index contributed by atoms with van der Waals surface area (Å²) in [5.41, 5.74) is 5.58.